The lowest BCUT2D eigenvalue weighted by Gasteiger charge is -2.34. The third-order valence-corrected chi connectivity index (χ3v) is 9.14. The highest BCUT2D eigenvalue weighted by atomic mass is 32.1. The summed E-state index contributed by atoms with van der Waals surface area (Å²) in [6.45, 7) is 3.77. The third kappa shape index (κ3) is 6.09. The van der Waals surface area contributed by atoms with Crippen molar-refractivity contribution < 1.29 is 26.7 Å². The van der Waals surface area contributed by atoms with Crippen molar-refractivity contribution in [3.05, 3.63) is 64.2 Å². The number of hydrogen-bond acceptors (Lipinski definition) is 7. The van der Waals surface area contributed by atoms with Crippen LogP contribution in [0.25, 0.3) is 22.2 Å². The van der Waals surface area contributed by atoms with E-state index in [1.54, 1.807) is 4.90 Å². The number of nitrogens with one attached hydrogen (secondary N) is 2. The van der Waals surface area contributed by atoms with E-state index in [1.165, 1.54) is 43.3 Å². The SMILES string of the molecule is Cc1[nH]c2cc(F)c(N3CCC(C(=O)N4CCCC4)CC3)cc2c1/C(=N/Nc1nc(-c2ccc(F)cc2)c(C#N)s1)C(F)(F)F. The fraction of sp³-hybridized carbons (Fsp3) is 0.355. The number of hydrogen-bond donors (Lipinski definition) is 2. The molecule has 0 saturated carbocycles. The normalized spacial score (nSPS) is 16.4. The molecule has 0 bridgehead atoms. The average Bonchev–Trinajstić information content (AvgIpc) is 3.76. The quantitative estimate of drug-likeness (QED) is 0.135. The molecule has 0 unspecified atom stereocenters. The molecule has 2 aromatic carbocycles. The van der Waals surface area contributed by atoms with E-state index >= 15 is 4.39 Å². The molecule has 2 N–H and O–H groups in total. The van der Waals surface area contributed by atoms with Gasteiger partial charge in [-0.15, -0.1) is 0 Å². The van der Waals surface area contributed by atoms with Crippen LogP contribution in [0.5, 0.6) is 0 Å². The molecule has 6 rings (SSSR count). The molecule has 45 heavy (non-hydrogen) atoms. The first-order valence-corrected chi connectivity index (χ1v) is 15.3. The smallest absolute Gasteiger partial charge is 0.369 e. The number of alkyl halides is 3. The van der Waals surface area contributed by atoms with Crippen molar-refractivity contribution >= 4 is 44.7 Å². The second-order valence-electron chi connectivity index (χ2n) is 11.2. The van der Waals surface area contributed by atoms with Crippen LogP contribution in [0.4, 0.5) is 32.8 Å². The summed E-state index contributed by atoms with van der Waals surface area (Å²) in [7, 11) is 0. The Kier molecular flexibility index (Phi) is 8.22. The monoisotopic (exact) mass is 641 g/mol. The van der Waals surface area contributed by atoms with E-state index in [2.05, 4.69) is 20.5 Å². The summed E-state index contributed by atoms with van der Waals surface area (Å²) < 4.78 is 72.3. The number of aromatic amines is 1. The van der Waals surface area contributed by atoms with Gasteiger partial charge >= 0.3 is 6.18 Å². The number of nitrogens with zero attached hydrogens (tertiary/aromatic N) is 5. The van der Waals surface area contributed by atoms with E-state index in [4.69, 9.17) is 0 Å². The number of rotatable bonds is 6. The van der Waals surface area contributed by atoms with Crippen molar-refractivity contribution in [1.29, 1.82) is 5.26 Å². The first-order chi connectivity index (χ1) is 21.5. The highest BCUT2D eigenvalue weighted by Crippen LogP contribution is 2.36. The first-order valence-electron chi connectivity index (χ1n) is 14.5. The minimum Gasteiger partial charge on any atom is -0.369 e. The molecule has 0 aliphatic carbocycles. The van der Waals surface area contributed by atoms with Crippen LogP contribution in [0.2, 0.25) is 0 Å². The van der Waals surface area contributed by atoms with Crippen LogP contribution in [0.15, 0.2) is 41.5 Å². The number of hydrazone groups is 1. The predicted octanol–water partition coefficient (Wildman–Crippen LogP) is 6.97. The highest BCUT2D eigenvalue weighted by Gasteiger charge is 2.40. The largest absolute Gasteiger partial charge is 0.435 e. The molecule has 1 amide bonds. The lowest BCUT2D eigenvalue weighted by molar-refractivity contribution is -0.135. The maximum absolute atomic E-state index is 15.3. The number of thiazole rings is 1. The molecule has 4 heterocycles. The van der Waals surface area contributed by atoms with Gasteiger partial charge in [0.1, 0.15) is 28.3 Å². The zero-order valence-corrected chi connectivity index (χ0v) is 25.0. The molecule has 0 radical (unpaired) electrons. The summed E-state index contributed by atoms with van der Waals surface area (Å²) in [5, 5.41) is 13.3. The molecule has 0 atom stereocenters. The number of nitriles is 1. The number of anilines is 2. The Balaban J connectivity index is 1.30. The van der Waals surface area contributed by atoms with Gasteiger partial charge in [0.2, 0.25) is 11.0 Å². The molecule has 234 valence electrons. The van der Waals surface area contributed by atoms with E-state index < -0.39 is 23.5 Å². The van der Waals surface area contributed by atoms with E-state index in [1.807, 2.05) is 11.0 Å². The summed E-state index contributed by atoms with van der Waals surface area (Å²) >= 11 is 0.807. The van der Waals surface area contributed by atoms with E-state index in [0.717, 1.165) is 37.3 Å². The fourth-order valence-electron chi connectivity index (χ4n) is 6.06. The third-order valence-electron chi connectivity index (χ3n) is 8.27. The summed E-state index contributed by atoms with van der Waals surface area (Å²) in [5.74, 6) is -1.10. The van der Waals surface area contributed by atoms with Gasteiger partial charge in [0.25, 0.3) is 0 Å². The number of halogens is 5. The van der Waals surface area contributed by atoms with Gasteiger partial charge in [-0.1, -0.05) is 11.3 Å². The van der Waals surface area contributed by atoms with Gasteiger partial charge in [-0.25, -0.2) is 13.8 Å². The van der Waals surface area contributed by atoms with Crippen LogP contribution in [-0.4, -0.2) is 58.8 Å². The van der Waals surface area contributed by atoms with E-state index in [-0.39, 0.29) is 55.4 Å². The number of carbonyl (C=O) groups excluding carboxylic acids is 1. The number of piperidine rings is 1. The van der Waals surface area contributed by atoms with Gasteiger partial charge in [-0.05, 0) is 62.9 Å². The summed E-state index contributed by atoms with van der Waals surface area (Å²) in [6.07, 6.45) is -1.86. The number of amides is 1. The highest BCUT2D eigenvalue weighted by molar-refractivity contribution is 7.16. The van der Waals surface area contributed by atoms with Crippen LogP contribution < -0.4 is 10.3 Å². The van der Waals surface area contributed by atoms with Crippen molar-refractivity contribution in [2.45, 2.75) is 38.8 Å². The van der Waals surface area contributed by atoms with Crippen molar-refractivity contribution in [1.82, 2.24) is 14.9 Å². The molecule has 2 saturated heterocycles. The maximum atomic E-state index is 15.3. The Morgan fingerprint density at radius 1 is 1.11 bits per heavy atom. The molecular weight excluding hydrogens is 613 g/mol. The Labute approximate surface area is 259 Å². The topological polar surface area (TPSA) is 100 Å². The van der Waals surface area contributed by atoms with Crippen molar-refractivity contribution in [2.24, 2.45) is 11.0 Å². The molecule has 14 heteroatoms. The van der Waals surface area contributed by atoms with Gasteiger partial charge in [0, 0.05) is 65.9 Å². The molecule has 2 fully saturated rings. The fourth-order valence-corrected chi connectivity index (χ4v) is 6.79. The number of aryl methyl sites for hydroxylation is 1. The molecule has 2 aromatic heterocycles. The molecule has 2 aliphatic heterocycles. The average molecular weight is 642 g/mol. The van der Waals surface area contributed by atoms with Crippen molar-refractivity contribution in [3.63, 3.8) is 0 Å². The minimum atomic E-state index is -4.91. The zero-order chi connectivity index (χ0) is 31.9. The number of H-pyrrole nitrogens is 1. The van der Waals surface area contributed by atoms with Gasteiger partial charge in [-0.3, -0.25) is 10.2 Å². The zero-order valence-electron chi connectivity index (χ0n) is 24.1. The number of aromatic nitrogens is 2. The lowest BCUT2D eigenvalue weighted by atomic mass is 9.94. The minimum absolute atomic E-state index is 0.0665. The van der Waals surface area contributed by atoms with Gasteiger partial charge in [0.05, 0.1) is 5.69 Å². The number of benzene rings is 2. The van der Waals surface area contributed by atoms with E-state index in [0.29, 0.717) is 31.5 Å². The molecule has 2 aliphatic rings. The lowest BCUT2D eigenvalue weighted by Crippen LogP contribution is -2.41. The standard InChI is InChI=1S/C31H28F5N7OS/c1-17-26(28(31(34,35)36)40-41-30-39-27(25(16-37)45-30)18-4-6-20(32)7-5-18)21-14-24(22(33)15-23(21)38-17)42-12-8-19(9-13-42)29(44)43-10-2-3-11-43/h4-7,14-15,19,38H,2-3,8-13H2,1H3,(H,39,41)/b40-28-. The van der Waals surface area contributed by atoms with E-state index in [9.17, 15) is 27.6 Å². The number of fused-ring (bicyclic) bond motifs is 1. The van der Waals surface area contributed by atoms with Crippen LogP contribution >= 0.6 is 11.3 Å². The molecule has 4 aromatic rings. The van der Waals surface area contributed by atoms with Crippen LogP contribution in [-0.2, 0) is 4.79 Å². The van der Waals surface area contributed by atoms with Crippen molar-refractivity contribution in [2.75, 3.05) is 36.5 Å². The predicted molar refractivity (Wildman–Crippen MR) is 162 cm³/mol. The van der Waals surface area contributed by atoms with Crippen LogP contribution in [0.1, 0.15) is 41.8 Å². The van der Waals surface area contributed by atoms with Crippen molar-refractivity contribution in [3.8, 4) is 17.3 Å². The Bertz CT molecular complexity index is 1810. The summed E-state index contributed by atoms with van der Waals surface area (Å²) in [6, 6.07) is 9.75. The number of carbonyl (C=O) groups is 1. The van der Waals surface area contributed by atoms with Gasteiger partial charge in [0.15, 0.2) is 5.71 Å². The van der Waals surface area contributed by atoms with Gasteiger partial charge < -0.3 is 14.8 Å². The summed E-state index contributed by atoms with van der Waals surface area (Å²) in [5.41, 5.74) is 1.93. The Morgan fingerprint density at radius 2 is 1.80 bits per heavy atom. The molecule has 0 spiro atoms. The molecular formula is C31H28F5N7OS. The second kappa shape index (κ2) is 12.1. The number of likely N-dealkylation sites (tertiary alicyclic amines) is 1. The van der Waals surface area contributed by atoms with Crippen LogP contribution in [0, 0.1) is 35.8 Å². The van der Waals surface area contributed by atoms with Crippen LogP contribution in [0.3, 0.4) is 0 Å². The maximum Gasteiger partial charge on any atom is 0.435 e. The Morgan fingerprint density at radius 3 is 2.44 bits per heavy atom. The molecule has 8 nitrogen and oxygen atoms in total. The second-order valence-corrected chi connectivity index (χ2v) is 12.2. The first kappa shape index (κ1) is 30.5. The summed E-state index contributed by atoms with van der Waals surface area (Å²) in [4.78, 5) is 23.7. The van der Waals surface area contributed by atoms with Gasteiger partial charge in [-0.2, -0.15) is 23.5 Å². The Hall–Kier alpha value is -4.51.